The summed E-state index contributed by atoms with van der Waals surface area (Å²) in [6.07, 6.45) is 3.75. The number of nitrogens with zero attached hydrogens (tertiary/aromatic N) is 2. The third kappa shape index (κ3) is 5.26. The van der Waals surface area contributed by atoms with Crippen LogP contribution in [0.15, 0.2) is 156 Å². The van der Waals surface area contributed by atoms with Crippen molar-refractivity contribution in [3.8, 4) is 22.3 Å². The van der Waals surface area contributed by atoms with Gasteiger partial charge < -0.3 is 14.2 Å². The number of rotatable bonds is 4. The molecule has 0 spiro atoms. The van der Waals surface area contributed by atoms with Crippen LogP contribution in [0.2, 0.25) is 0 Å². The molecule has 4 heterocycles. The molecule has 4 aliphatic rings. The molecular formula is C58H49BN2OS. The number of para-hydroxylation sites is 1. The first kappa shape index (κ1) is 37.3. The van der Waals surface area contributed by atoms with Crippen LogP contribution in [0, 0.1) is 6.92 Å². The maximum atomic E-state index is 7.39. The molecule has 3 nitrogen and oxygen atoms in total. The molecular weight excluding hydrogens is 784 g/mol. The summed E-state index contributed by atoms with van der Waals surface area (Å²) in [7, 11) is 0. The zero-order valence-corrected chi connectivity index (χ0v) is 37.7. The van der Waals surface area contributed by atoms with Gasteiger partial charge in [0.1, 0.15) is 5.58 Å². The molecule has 2 unspecified atom stereocenters. The summed E-state index contributed by atoms with van der Waals surface area (Å²) in [4.78, 5) is 5.15. The van der Waals surface area contributed by atoms with Crippen molar-refractivity contribution in [1.82, 2.24) is 0 Å². The van der Waals surface area contributed by atoms with Crippen LogP contribution in [0.5, 0.6) is 0 Å². The van der Waals surface area contributed by atoms with Crippen LogP contribution in [-0.4, -0.2) is 6.71 Å². The van der Waals surface area contributed by atoms with Crippen LogP contribution in [-0.2, 0) is 16.2 Å². The molecule has 1 saturated carbocycles. The molecule has 306 valence electrons. The van der Waals surface area contributed by atoms with E-state index in [0.717, 1.165) is 22.6 Å². The molecule has 0 amide bonds. The second-order valence-electron chi connectivity index (χ2n) is 20.4. The summed E-state index contributed by atoms with van der Waals surface area (Å²) >= 11 is 1.97. The maximum absolute atomic E-state index is 7.39. The fourth-order valence-electron chi connectivity index (χ4n) is 12.2. The number of furan rings is 1. The molecule has 0 radical (unpaired) electrons. The molecule has 63 heavy (non-hydrogen) atoms. The van der Waals surface area contributed by atoms with Crippen molar-refractivity contribution in [3.63, 3.8) is 0 Å². The van der Waals surface area contributed by atoms with E-state index in [-0.39, 0.29) is 23.0 Å². The highest BCUT2D eigenvalue weighted by molar-refractivity contribution is 7.26. The Morgan fingerprint density at radius 3 is 1.95 bits per heavy atom. The molecule has 2 aliphatic carbocycles. The SMILES string of the molecule is Cc1cc2c3c(c1)N(c1ccccc1)c1c(oc4ccc(C(C)(C)C)cc14)B3c1c(sc3cc4c(cc13)C1(C)CCC4(C)C1)N2c1ccc(-c2ccccc2)cc1-c1ccccc1. The van der Waals surface area contributed by atoms with Gasteiger partial charge >= 0.3 is 0 Å². The topological polar surface area (TPSA) is 19.6 Å². The average Bonchev–Trinajstić information content (AvgIpc) is 4.01. The van der Waals surface area contributed by atoms with Gasteiger partial charge in [-0.25, -0.2) is 0 Å². The van der Waals surface area contributed by atoms with E-state index in [1.165, 1.54) is 101 Å². The largest absolute Gasteiger partial charge is 0.468 e. The molecule has 2 aliphatic heterocycles. The van der Waals surface area contributed by atoms with Gasteiger partial charge in [-0.05, 0) is 158 Å². The number of thiophene rings is 1. The molecule has 5 heteroatoms. The van der Waals surface area contributed by atoms with E-state index in [9.17, 15) is 0 Å². The minimum atomic E-state index is -0.111. The van der Waals surface area contributed by atoms with Gasteiger partial charge in [-0.15, -0.1) is 11.3 Å². The lowest BCUT2D eigenvalue weighted by Gasteiger charge is -2.42. The normalized spacial score (nSPS) is 19.4. The second kappa shape index (κ2) is 12.9. The monoisotopic (exact) mass is 832 g/mol. The van der Waals surface area contributed by atoms with E-state index in [1.807, 2.05) is 11.3 Å². The highest BCUT2D eigenvalue weighted by Crippen LogP contribution is 2.62. The van der Waals surface area contributed by atoms with Gasteiger partial charge in [0.25, 0.3) is 6.71 Å². The van der Waals surface area contributed by atoms with Crippen LogP contribution in [0.1, 0.15) is 76.1 Å². The lowest BCUT2D eigenvalue weighted by molar-refractivity contribution is 0.484. The first-order chi connectivity index (χ1) is 30.5. The zero-order valence-electron chi connectivity index (χ0n) is 36.8. The Morgan fingerprint density at radius 1 is 0.603 bits per heavy atom. The summed E-state index contributed by atoms with van der Waals surface area (Å²) in [6.45, 7) is 14.1. The molecule has 9 aromatic rings. The van der Waals surface area contributed by atoms with Crippen LogP contribution in [0.25, 0.3) is 43.3 Å². The first-order valence-corrected chi connectivity index (χ1v) is 23.5. The third-order valence-corrected chi connectivity index (χ3v) is 16.3. The number of fused-ring (bicyclic) bond motifs is 13. The van der Waals surface area contributed by atoms with Gasteiger partial charge in [0.05, 0.1) is 22.0 Å². The summed E-state index contributed by atoms with van der Waals surface area (Å²) < 4.78 is 8.75. The Balaban J connectivity index is 1.16. The van der Waals surface area contributed by atoms with Gasteiger partial charge in [-0.1, -0.05) is 126 Å². The Bertz CT molecular complexity index is 3360. The molecule has 0 saturated heterocycles. The standard InChI is InChI=1S/C58H49BN2OS/c1-35-28-47-52-48(29-35)61(46-24-22-38(36-16-10-7-11-17-36)30-41(46)37-18-12-8-13-19-37)55-51(43-32-44-45(33-50(43)63-55)58(6)27-26-57(44,5)34-58)59(52)54-53(60(47)40-20-14-9-15-21-40)42-31-39(56(2,3)4)23-25-49(42)62-54/h7-25,28-33H,26-27,34H2,1-6H3. The van der Waals surface area contributed by atoms with Crippen molar-refractivity contribution >= 4 is 89.1 Å². The Hall–Kier alpha value is -6.30. The van der Waals surface area contributed by atoms with E-state index in [0.29, 0.717) is 0 Å². The Morgan fingerprint density at radius 2 is 1.25 bits per heavy atom. The number of aryl methyl sites for hydroxylation is 1. The van der Waals surface area contributed by atoms with E-state index >= 15 is 0 Å². The van der Waals surface area contributed by atoms with E-state index in [2.05, 4.69) is 203 Å². The third-order valence-electron chi connectivity index (χ3n) is 15.2. The number of hydrogen-bond donors (Lipinski definition) is 0. The summed E-state index contributed by atoms with van der Waals surface area (Å²) in [5.74, 6) is 0. The lowest BCUT2D eigenvalue weighted by Crippen LogP contribution is -2.60. The summed E-state index contributed by atoms with van der Waals surface area (Å²) in [5, 5.41) is 3.82. The quantitative estimate of drug-likeness (QED) is 0.165. The molecule has 7 aromatic carbocycles. The van der Waals surface area contributed by atoms with Gasteiger partial charge in [0.15, 0.2) is 0 Å². The molecule has 2 bridgehead atoms. The number of hydrogen-bond acceptors (Lipinski definition) is 4. The average molecular weight is 833 g/mol. The van der Waals surface area contributed by atoms with Crippen LogP contribution >= 0.6 is 11.3 Å². The van der Waals surface area contributed by atoms with Gasteiger partial charge in [-0.2, -0.15) is 0 Å². The number of anilines is 6. The first-order valence-electron chi connectivity index (χ1n) is 22.7. The molecule has 1 fully saturated rings. The van der Waals surface area contributed by atoms with Gasteiger partial charge in [0.2, 0.25) is 0 Å². The molecule has 2 atom stereocenters. The highest BCUT2D eigenvalue weighted by atomic mass is 32.1. The summed E-state index contributed by atoms with van der Waals surface area (Å²) in [6, 6.07) is 56.9. The molecule has 0 N–H and O–H groups in total. The van der Waals surface area contributed by atoms with Crippen LogP contribution in [0.4, 0.5) is 33.4 Å². The zero-order chi connectivity index (χ0) is 42.6. The minimum Gasteiger partial charge on any atom is -0.468 e. The van der Waals surface area contributed by atoms with Crippen molar-refractivity contribution in [3.05, 3.63) is 174 Å². The van der Waals surface area contributed by atoms with Crippen molar-refractivity contribution < 1.29 is 4.42 Å². The molecule has 13 rings (SSSR count). The predicted octanol–water partition coefficient (Wildman–Crippen LogP) is 14.4. The van der Waals surface area contributed by atoms with E-state index in [4.69, 9.17) is 4.42 Å². The fraction of sp³-hybridized carbons (Fsp3) is 0.207. The van der Waals surface area contributed by atoms with Crippen LogP contribution in [0.3, 0.4) is 0 Å². The van der Waals surface area contributed by atoms with Gasteiger partial charge in [0, 0.05) is 32.7 Å². The summed E-state index contributed by atoms with van der Waals surface area (Å²) in [5.41, 5.74) is 21.4. The maximum Gasteiger partial charge on any atom is 0.298 e. The highest BCUT2D eigenvalue weighted by Gasteiger charge is 2.54. The Kier molecular flexibility index (Phi) is 7.63. The second-order valence-corrected chi connectivity index (χ2v) is 21.4. The Labute approximate surface area is 374 Å². The van der Waals surface area contributed by atoms with Gasteiger partial charge in [-0.3, -0.25) is 0 Å². The fourth-order valence-corrected chi connectivity index (χ4v) is 13.5. The number of benzene rings is 7. The van der Waals surface area contributed by atoms with E-state index in [1.54, 1.807) is 11.1 Å². The predicted molar refractivity (Wildman–Crippen MR) is 268 cm³/mol. The van der Waals surface area contributed by atoms with Crippen molar-refractivity contribution in [2.24, 2.45) is 0 Å². The molecule has 2 aromatic heterocycles. The van der Waals surface area contributed by atoms with Crippen molar-refractivity contribution in [1.29, 1.82) is 0 Å². The minimum absolute atomic E-state index is 0.0205. The van der Waals surface area contributed by atoms with Crippen molar-refractivity contribution in [2.45, 2.75) is 77.0 Å². The van der Waals surface area contributed by atoms with Crippen LogP contribution < -0.4 is 26.4 Å². The van der Waals surface area contributed by atoms with E-state index < -0.39 is 0 Å². The smallest absolute Gasteiger partial charge is 0.298 e. The van der Waals surface area contributed by atoms with Crippen molar-refractivity contribution in [2.75, 3.05) is 9.80 Å². The lowest BCUT2D eigenvalue weighted by atomic mass is 9.35.